The maximum atomic E-state index is 12.4. The van der Waals surface area contributed by atoms with Crippen LogP contribution in [0.15, 0.2) is 34.9 Å². The molecule has 0 bridgehead atoms. The van der Waals surface area contributed by atoms with Gasteiger partial charge in [0.1, 0.15) is 0 Å². The van der Waals surface area contributed by atoms with Crippen LogP contribution in [0.1, 0.15) is 26.5 Å². The Morgan fingerprint density at radius 1 is 1.24 bits per heavy atom. The van der Waals surface area contributed by atoms with E-state index in [0.717, 1.165) is 5.56 Å². The molecule has 1 aromatic heterocycles. The average molecular weight is 286 g/mol. The summed E-state index contributed by atoms with van der Waals surface area (Å²) in [6, 6.07) is 6.58. The van der Waals surface area contributed by atoms with Crippen molar-refractivity contribution in [3.8, 4) is 11.5 Å². The van der Waals surface area contributed by atoms with Gasteiger partial charge < -0.3 is 13.9 Å². The van der Waals surface area contributed by atoms with Gasteiger partial charge in [-0.2, -0.15) is 0 Å². The first-order valence-electron chi connectivity index (χ1n) is 6.52. The van der Waals surface area contributed by atoms with Crippen molar-refractivity contribution in [1.29, 1.82) is 0 Å². The van der Waals surface area contributed by atoms with E-state index < -0.39 is 5.92 Å². The van der Waals surface area contributed by atoms with Crippen LogP contribution in [0.5, 0.6) is 11.5 Å². The molecule has 5 heteroatoms. The lowest BCUT2D eigenvalue weighted by Gasteiger charge is -2.09. The second-order valence-corrected chi connectivity index (χ2v) is 4.83. The van der Waals surface area contributed by atoms with E-state index in [0.29, 0.717) is 23.5 Å². The summed E-state index contributed by atoms with van der Waals surface area (Å²) < 4.78 is 15.5. The summed E-state index contributed by atoms with van der Waals surface area (Å²) in [7, 11) is 3.04. The van der Waals surface area contributed by atoms with E-state index in [2.05, 4.69) is 0 Å². The fourth-order valence-electron chi connectivity index (χ4n) is 2.62. The van der Waals surface area contributed by atoms with Gasteiger partial charge in [-0.05, 0) is 36.2 Å². The van der Waals surface area contributed by atoms with Crippen molar-refractivity contribution >= 4 is 11.6 Å². The molecule has 0 N–H and O–H groups in total. The predicted octanol–water partition coefficient (Wildman–Crippen LogP) is 2.53. The Hall–Kier alpha value is -2.56. The summed E-state index contributed by atoms with van der Waals surface area (Å²) in [4.78, 5) is 24.8. The third-order valence-electron chi connectivity index (χ3n) is 3.70. The molecular formula is C16H14O5. The molecular weight excluding hydrogens is 272 g/mol. The summed E-state index contributed by atoms with van der Waals surface area (Å²) in [5.74, 6) is 0.0142. The number of Topliss-reactive ketones (excluding diaryl/α,β-unsaturated/α-hetero) is 2. The normalized spacial score (nSPS) is 16.7. The molecule has 21 heavy (non-hydrogen) atoms. The van der Waals surface area contributed by atoms with Crippen LogP contribution in [0.2, 0.25) is 0 Å². The van der Waals surface area contributed by atoms with Crippen LogP contribution in [-0.4, -0.2) is 25.8 Å². The molecule has 5 nitrogen and oxygen atoms in total. The van der Waals surface area contributed by atoms with Gasteiger partial charge in [0.05, 0.1) is 26.4 Å². The minimum Gasteiger partial charge on any atom is -0.493 e. The second kappa shape index (κ2) is 5.09. The number of furan rings is 1. The molecule has 2 aromatic rings. The van der Waals surface area contributed by atoms with Crippen molar-refractivity contribution in [1.82, 2.24) is 0 Å². The number of hydrogen-bond donors (Lipinski definition) is 0. The van der Waals surface area contributed by atoms with Crippen molar-refractivity contribution in [2.75, 3.05) is 14.2 Å². The molecule has 0 saturated heterocycles. The first kappa shape index (κ1) is 13.4. The van der Waals surface area contributed by atoms with E-state index >= 15 is 0 Å². The Labute approximate surface area is 121 Å². The number of rotatable bonds is 4. The number of hydrogen-bond acceptors (Lipinski definition) is 5. The molecule has 1 heterocycles. The van der Waals surface area contributed by atoms with Crippen LogP contribution in [0, 0.1) is 5.92 Å². The molecule has 108 valence electrons. The number of methoxy groups -OCH3 is 2. The number of ether oxygens (including phenoxy) is 2. The van der Waals surface area contributed by atoms with E-state index in [1.807, 2.05) is 0 Å². The lowest BCUT2D eigenvalue weighted by atomic mass is 9.98. The highest BCUT2D eigenvalue weighted by Crippen LogP contribution is 2.37. The third kappa shape index (κ3) is 2.11. The molecule has 1 aromatic carbocycles. The highest BCUT2D eigenvalue weighted by molar-refractivity contribution is 6.18. The number of fused-ring (bicyclic) bond motifs is 1. The summed E-state index contributed by atoms with van der Waals surface area (Å²) in [6.45, 7) is 0. The molecule has 0 aliphatic heterocycles. The topological polar surface area (TPSA) is 65.7 Å². The highest BCUT2D eigenvalue weighted by Gasteiger charge is 2.38. The van der Waals surface area contributed by atoms with Gasteiger partial charge in [0.15, 0.2) is 23.0 Å². The van der Waals surface area contributed by atoms with Gasteiger partial charge in [0, 0.05) is 5.56 Å². The van der Waals surface area contributed by atoms with Crippen LogP contribution in [0.4, 0.5) is 0 Å². The predicted molar refractivity (Wildman–Crippen MR) is 74.1 cm³/mol. The quantitative estimate of drug-likeness (QED) is 0.638. The van der Waals surface area contributed by atoms with Crippen LogP contribution in [0.25, 0.3) is 0 Å². The lowest BCUT2D eigenvalue weighted by Crippen LogP contribution is -2.20. The van der Waals surface area contributed by atoms with Crippen LogP contribution in [0.3, 0.4) is 0 Å². The van der Waals surface area contributed by atoms with Crippen molar-refractivity contribution in [2.24, 2.45) is 5.92 Å². The first-order chi connectivity index (χ1) is 10.2. The van der Waals surface area contributed by atoms with E-state index in [4.69, 9.17) is 13.9 Å². The van der Waals surface area contributed by atoms with Crippen molar-refractivity contribution < 1.29 is 23.5 Å². The zero-order chi connectivity index (χ0) is 15.0. The molecule has 1 aliphatic carbocycles. The van der Waals surface area contributed by atoms with Crippen molar-refractivity contribution in [2.45, 2.75) is 6.42 Å². The SMILES string of the molecule is COc1cc2c(cc1OC)C(=O)C(C(=O)c1ccco1)C2. The minimum absolute atomic E-state index is 0.202. The Morgan fingerprint density at radius 3 is 2.57 bits per heavy atom. The van der Waals surface area contributed by atoms with Gasteiger partial charge in [-0.1, -0.05) is 0 Å². The number of carbonyl (C=O) groups is 2. The number of benzene rings is 1. The van der Waals surface area contributed by atoms with Crippen molar-refractivity contribution in [3.05, 3.63) is 47.4 Å². The lowest BCUT2D eigenvalue weighted by molar-refractivity contribution is 0.0804. The zero-order valence-electron chi connectivity index (χ0n) is 11.7. The standard InChI is InChI=1S/C16H14O5/c1-19-13-7-9-6-11(16(18)12-4-3-5-21-12)15(17)10(9)8-14(13)20-2/h3-5,7-8,11H,6H2,1-2H3. The van der Waals surface area contributed by atoms with E-state index in [1.54, 1.807) is 24.3 Å². The Morgan fingerprint density at radius 2 is 1.95 bits per heavy atom. The molecule has 0 amide bonds. The summed E-state index contributed by atoms with van der Waals surface area (Å²) in [5.41, 5.74) is 1.31. The smallest absolute Gasteiger partial charge is 0.209 e. The zero-order valence-corrected chi connectivity index (χ0v) is 11.7. The molecule has 3 rings (SSSR count). The fraction of sp³-hybridized carbons (Fsp3) is 0.250. The van der Waals surface area contributed by atoms with Gasteiger partial charge in [-0.3, -0.25) is 9.59 Å². The first-order valence-corrected chi connectivity index (χ1v) is 6.52. The van der Waals surface area contributed by atoms with Gasteiger partial charge in [-0.15, -0.1) is 0 Å². The molecule has 0 saturated carbocycles. The van der Waals surface area contributed by atoms with Crippen LogP contribution < -0.4 is 9.47 Å². The van der Waals surface area contributed by atoms with Crippen molar-refractivity contribution in [3.63, 3.8) is 0 Å². The van der Waals surface area contributed by atoms with E-state index in [9.17, 15) is 9.59 Å². The molecule has 1 aliphatic rings. The second-order valence-electron chi connectivity index (χ2n) is 4.83. The summed E-state index contributed by atoms with van der Waals surface area (Å²) in [5, 5.41) is 0. The summed E-state index contributed by atoms with van der Waals surface area (Å²) in [6.07, 6.45) is 1.78. The highest BCUT2D eigenvalue weighted by atomic mass is 16.5. The van der Waals surface area contributed by atoms with Gasteiger partial charge in [0.2, 0.25) is 5.78 Å². The molecule has 0 radical (unpaired) electrons. The molecule has 1 atom stereocenters. The third-order valence-corrected chi connectivity index (χ3v) is 3.70. The van der Waals surface area contributed by atoms with Gasteiger partial charge in [-0.25, -0.2) is 0 Å². The largest absolute Gasteiger partial charge is 0.493 e. The average Bonchev–Trinajstić information content (AvgIpc) is 3.14. The number of carbonyl (C=O) groups excluding carboxylic acids is 2. The van der Waals surface area contributed by atoms with Crippen LogP contribution >= 0.6 is 0 Å². The molecule has 0 spiro atoms. The fourth-order valence-corrected chi connectivity index (χ4v) is 2.62. The summed E-state index contributed by atoms with van der Waals surface area (Å²) >= 11 is 0. The van der Waals surface area contributed by atoms with E-state index in [-0.39, 0.29) is 17.3 Å². The van der Waals surface area contributed by atoms with Gasteiger partial charge in [0.25, 0.3) is 0 Å². The maximum absolute atomic E-state index is 12.4. The molecule has 0 fully saturated rings. The Bertz CT molecular complexity index is 700. The van der Waals surface area contributed by atoms with E-state index in [1.165, 1.54) is 20.5 Å². The Kier molecular flexibility index (Phi) is 3.25. The Balaban J connectivity index is 1.97. The van der Waals surface area contributed by atoms with Gasteiger partial charge >= 0.3 is 0 Å². The number of ketones is 2. The molecule has 1 unspecified atom stereocenters. The van der Waals surface area contributed by atoms with Crippen LogP contribution in [-0.2, 0) is 6.42 Å². The maximum Gasteiger partial charge on any atom is 0.209 e. The monoisotopic (exact) mass is 286 g/mol. The minimum atomic E-state index is -0.733.